The van der Waals surface area contributed by atoms with E-state index in [4.69, 9.17) is 14.3 Å². The van der Waals surface area contributed by atoms with Crippen LogP contribution in [0.4, 0.5) is 0 Å². The number of rotatable bonds is 3. The summed E-state index contributed by atoms with van der Waals surface area (Å²) in [7, 11) is 0. The molecule has 0 bridgehead atoms. The van der Waals surface area contributed by atoms with Gasteiger partial charge in [-0.2, -0.15) is 4.98 Å². The van der Waals surface area contributed by atoms with Crippen LogP contribution in [0.15, 0.2) is 34.9 Å². The van der Waals surface area contributed by atoms with Crippen molar-refractivity contribution in [2.24, 2.45) is 0 Å². The number of aromatic carboxylic acids is 1. The molecule has 0 amide bonds. The predicted octanol–water partition coefficient (Wildman–Crippen LogP) is 3.46. The highest BCUT2D eigenvalue weighted by Crippen LogP contribution is 2.26. The number of nitrogens with zero attached hydrogens (tertiary/aromatic N) is 1. The Kier molecular flexibility index (Phi) is 3.29. The third-order valence-electron chi connectivity index (χ3n) is 2.63. The number of carboxylic acid groups (broad SMARTS) is 1. The van der Waals surface area contributed by atoms with Gasteiger partial charge < -0.3 is 14.3 Å². The molecular formula is C14H15NO4. The molecule has 0 aliphatic rings. The number of ether oxygens (including phenoxy) is 1. The van der Waals surface area contributed by atoms with E-state index in [1.807, 2.05) is 12.1 Å². The van der Waals surface area contributed by atoms with E-state index in [-0.39, 0.29) is 17.2 Å². The first-order valence-electron chi connectivity index (χ1n) is 5.83. The Morgan fingerprint density at radius 3 is 2.37 bits per heavy atom. The van der Waals surface area contributed by atoms with Crippen molar-refractivity contribution in [3.8, 4) is 11.8 Å². The van der Waals surface area contributed by atoms with Gasteiger partial charge in [0.15, 0.2) is 5.69 Å². The van der Waals surface area contributed by atoms with Crippen LogP contribution in [0.3, 0.4) is 0 Å². The summed E-state index contributed by atoms with van der Waals surface area (Å²) in [5, 5.41) is 8.71. The monoisotopic (exact) mass is 261 g/mol. The van der Waals surface area contributed by atoms with Crippen LogP contribution in [0, 0.1) is 0 Å². The van der Waals surface area contributed by atoms with Crippen LogP contribution in [0.5, 0.6) is 11.8 Å². The number of hydrogen-bond acceptors (Lipinski definition) is 4. The lowest BCUT2D eigenvalue weighted by molar-refractivity contribution is 0.0690. The first kappa shape index (κ1) is 13.1. The summed E-state index contributed by atoms with van der Waals surface area (Å²) in [5.74, 6) is -0.603. The Balaban J connectivity index is 2.13. The van der Waals surface area contributed by atoms with Crippen molar-refractivity contribution >= 4 is 5.97 Å². The molecule has 1 heterocycles. The molecule has 0 aliphatic carbocycles. The van der Waals surface area contributed by atoms with Gasteiger partial charge in [0.25, 0.3) is 0 Å². The summed E-state index contributed by atoms with van der Waals surface area (Å²) < 4.78 is 10.2. The number of aromatic nitrogens is 1. The van der Waals surface area contributed by atoms with E-state index in [1.165, 1.54) is 5.56 Å². The van der Waals surface area contributed by atoms with Gasteiger partial charge in [0.05, 0.1) is 0 Å². The maximum Gasteiger partial charge on any atom is 0.399 e. The van der Waals surface area contributed by atoms with Crippen LogP contribution >= 0.6 is 0 Å². The van der Waals surface area contributed by atoms with Gasteiger partial charge in [-0.1, -0.05) is 32.9 Å². The highest BCUT2D eigenvalue weighted by Gasteiger charge is 2.14. The molecule has 1 aromatic heterocycles. The molecule has 0 aliphatic heterocycles. The molecule has 0 unspecified atom stereocenters. The summed E-state index contributed by atoms with van der Waals surface area (Å²) in [5.41, 5.74) is 1.07. The Labute approximate surface area is 110 Å². The van der Waals surface area contributed by atoms with Crippen LogP contribution < -0.4 is 4.74 Å². The molecular weight excluding hydrogens is 246 g/mol. The first-order valence-corrected chi connectivity index (χ1v) is 5.83. The zero-order valence-electron chi connectivity index (χ0n) is 11.0. The molecule has 0 saturated carbocycles. The second-order valence-electron chi connectivity index (χ2n) is 5.18. The molecule has 5 heteroatoms. The van der Waals surface area contributed by atoms with Gasteiger partial charge in [-0.25, -0.2) is 4.79 Å². The summed E-state index contributed by atoms with van der Waals surface area (Å²) >= 11 is 0. The van der Waals surface area contributed by atoms with Crippen molar-refractivity contribution in [1.29, 1.82) is 0 Å². The van der Waals surface area contributed by atoms with Crippen LogP contribution in [-0.2, 0) is 5.41 Å². The van der Waals surface area contributed by atoms with Crippen LogP contribution in [0.1, 0.15) is 36.8 Å². The van der Waals surface area contributed by atoms with Crippen LogP contribution in [0.25, 0.3) is 0 Å². The average Bonchev–Trinajstić information content (AvgIpc) is 2.77. The number of carbonyl (C=O) groups is 1. The molecule has 0 saturated heterocycles. The predicted molar refractivity (Wildman–Crippen MR) is 68.7 cm³/mol. The molecule has 1 N–H and O–H groups in total. The fraction of sp³-hybridized carbons (Fsp3) is 0.286. The van der Waals surface area contributed by atoms with Crippen molar-refractivity contribution in [2.75, 3.05) is 0 Å². The van der Waals surface area contributed by atoms with Crippen molar-refractivity contribution in [3.05, 3.63) is 41.8 Å². The standard InChI is InChI=1S/C14H15NO4/c1-14(2,3)9-4-6-10(7-5-9)19-13-15-11(8-18-13)12(16)17/h4-8H,1-3H3,(H,16,17). The summed E-state index contributed by atoms with van der Waals surface area (Å²) in [4.78, 5) is 14.3. The minimum Gasteiger partial charge on any atom is -0.476 e. The lowest BCUT2D eigenvalue weighted by Crippen LogP contribution is -2.10. The van der Waals surface area contributed by atoms with Crippen molar-refractivity contribution in [1.82, 2.24) is 4.98 Å². The van der Waals surface area contributed by atoms with Gasteiger partial charge >= 0.3 is 12.0 Å². The van der Waals surface area contributed by atoms with Crippen molar-refractivity contribution in [2.45, 2.75) is 26.2 Å². The second-order valence-corrected chi connectivity index (χ2v) is 5.18. The number of oxazole rings is 1. The summed E-state index contributed by atoms with van der Waals surface area (Å²) in [6.45, 7) is 6.36. The number of hydrogen-bond donors (Lipinski definition) is 1. The van der Waals surface area contributed by atoms with E-state index in [9.17, 15) is 4.79 Å². The highest BCUT2D eigenvalue weighted by molar-refractivity contribution is 5.84. The second kappa shape index (κ2) is 4.76. The molecule has 5 nitrogen and oxygen atoms in total. The Morgan fingerprint density at radius 2 is 1.89 bits per heavy atom. The van der Waals surface area contributed by atoms with Gasteiger partial charge in [0, 0.05) is 0 Å². The van der Waals surface area contributed by atoms with E-state index in [1.54, 1.807) is 12.1 Å². The van der Waals surface area contributed by atoms with Gasteiger partial charge in [-0.05, 0) is 23.1 Å². The number of carboxylic acids is 1. The zero-order valence-corrected chi connectivity index (χ0v) is 11.0. The van der Waals surface area contributed by atoms with Crippen LogP contribution in [-0.4, -0.2) is 16.1 Å². The molecule has 100 valence electrons. The lowest BCUT2D eigenvalue weighted by Gasteiger charge is -2.18. The van der Waals surface area contributed by atoms with E-state index >= 15 is 0 Å². The maximum atomic E-state index is 10.6. The third-order valence-corrected chi connectivity index (χ3v) is 2.63. The minimum absolute atomic E-state index is 0.0674. The number of benzene rings is 1. The molecule has 2 aromatic rings. The summed E-state index contributed by atoms with van der Waals surface area (Å²) in [6.07, 6.45) is 0.960. The quantitative estimate of drug-likeness (QED) is 0.915. The Morgan fingerprint density at radius 1 is 1.26 bits per heavy atom. The Hall–Kier alpha value is -2.30. The fourth-order valence-electron chi connectivity index (χ4n) is 1.53. The molecule has 0 radical (unpaired) electrons. The SMILES string of the molecule is CC(C)(C)c1ccc(Oc2nc(C(=O)O)co2)cc1. The van der Waals surface area contributed by atoms with Crippen molar-refractivity contribution < 1.29 is 19.1 Å². The van der Waals surface area contributed by atoms with E-state index < -0.39 is 5.97 Å². The van der Waals surface area contributed by atoms with Crippen molar-refractivity contribution in [3.63, 3.8) is 0 Å². The Bertz CT molecular complexity index is 578. The van der Waals surface area contributed by atoms with Gasteiger partial charge in [-0.3, -0.25) is 0 Å². The van der Waals surface area contributed by atoms with Gasteiger partial charge in [0.2, 0.25) is 0 Å². The minimum atomic E-state index is -1.15. The van der Waals surface area contributed by atoms with Gasteiger partial charge in [0.1, 0.15) is 12.0 Å². The molecule has 2 rings (SSSR count). The molecule has 1 aromatic carbocycles. The molecule has 19 heavy (non-hydrogen) atoms. The fourth-order valence-corrected chi connectivity index (χ4v) is 1.53. The lowest BCUT2D eigenvalue weighted by atomic mass is 9.87. The smallest absolute Gasteiger partial charge is 0.399 e. The van der Waals surface area contributed by atoms with E-state index in [2.05, 4.69) is 25.8 Å². The third kappa shape index (κ3) is 3.13. The first-order chi connectivity index (χ1) is 8.86. The molecule has 0 atom stereocenters. The maximum absolute atomic E-state index is 10.6. The topological polar surface area (TPSA) is 72.6 Å². The van der Waals surface area contributed by atoms with Crippen LogP contribution in [0.2, 0.25) is 0 Å². The zero-order chi connectivity index (χ0) is 14.0. The molecule has 0 spiro atoms. The average molecular weight is 261 g/mol. The molecule has 0 fully saturated rings. The largest absolute Gasteiger partial charge is 0.476 e. The summed E-state index contributed by atoms with van der Waals surface area (Å²) in [6, 6.07) is 7.50. The van der Waals surface area contributed by atoms with E-state index in [0.717, 1.165) is 6.26 Å². The normalized spacial score (nSPS) is 11.3. The van der Waals surface area contributed by atoms with E-state index in [0.29, 0.717) is 5.75 Å². The highest BCUT2D eigenvalue weighted by atomic mass is 16.6. The van der Waals surface area contributed by atoms with Gasteiger partial charge in [-0.15, -0.1) is 0 Å².